The smallest absolute Gasteiger partial charge is 0.373 e. The number of esters is 1. The van der Waals surface area contributed by atoms with Gasteiger partial charge in [0.05, 0.1) is 36.6 Å². The zero-order valence-electron chi connectivity index (χ0n) is 30.1. The molecule has 2 unspecified atom stereocenters. The molecule has 0 aromatic rings. The van der Waals surface area contributed by atoms with Gasteiger partial charge in [0.25, 0.3) is 0 Å². The molecule has 9 nitrogen and oxygen atoms in total. The van der Waals surface area contributed by atoms with E-state index in [1.807, 2.05) is 66.7 Å². The molecule has 0 amide bonds. The SMILES string of the molecule is C/C=C/[C@H]1OC([C@@H](C)[C@H](O)[C@H](C)C2OC(=O)/C(O)=C/C(C)=C/[C@@H](C)[C@@H](O)[C@@H](CC)[C@@H](O)[C@H](C)C/C(C)=C/C=C/[C@@H]2OC)C[C@@H](O)[C@@H]1C. The normalized spacial score (nSPS) is 41.5. The van der Waals surface area contributed by atoms with Crippen molar-refractivity contribution in [2.75, 3.05) is 7.11 Å². The molecule has 0 aliphatic carbocycles. The monoisotopic (exact) mass is 662 g/mol. The molecule has 268 valence electrons. The van der Waals surface area contributed by atoms with Crippen LogP contribution >= 0.6 is 0 Å². The molecule has 2 rings (SSSR count). The minimum atomic E-state index is -1.02. The highest BCUT2D eigenvalue weighted by molar-refractivity contribution is 5.86. The standard InChI is InChI=1S/C38H62O9/c1-11-14-31-25(7)29(39)20-33(46-31)26(8)36(43)27(9)37-32(45-10)16-13-15-21(3)17-23(5)34(41)28(12-2)35(42)24(6)18-22(4)19-30(40)38(44)47-37/h11,13-16,18-19,23-29,31-37,39-43H,12,17,20H2,1-10H3/b14-11+,16-13+,21-15+,22-18+,30-19-/t23-,24-,25+,26-,27+,28+,29-,31-,32+,33?,34+,35-,36+,37?/m1/s1. The van der Waals surface area contributed by atoms with Crippen molar-refractivity contribution in [1.82, 2.24) is 0 Å². The number of carbonyl (C=O) groups is 1. The Morgan fingerprint density at radius 2 is 1.74 bits per heavy atom. The summed E-state index contributed by atoms with van der Waals surface area (Å²) in [6.45, 7) is 16.9. The number of hydrogen-bond donors (Lipinski definition) is 5. The van der Waals surface area contributed by atoms with Crippen LogP contribution in [0.1, 0.15) is 81.6 Å². The summed E-state index contributed by atoms with van der Waals surface area (Å²) in [6.07, 6.45) is 8.15. The maximum atomic E-state index is 13.3. The van der Waals surface area contributed by atoms with Crippen LogP contribution in [-0.2, 0) is 19.0 Å². The van der Waals surface area contributed by atoms with Crippen LogP contribution in [0.15, 0.2) is 59.4 Å². The molecule has 0 aromatic carbocycles. The van der Waals surface area contributed by atoms with Crippen molar-refractivity contribution in [2.24, 2.45) is 35.5 Å². The first kappa shape index (κ1) is 40.9. The molecule has 5 N–H and O–H groups in total. The Kier molecular flexibility index (Phi) is 16.6. The predicted octanol–water partition coefficient (Wildman–Crippen LogP) is 5.59. The predicted molar refractivity (Wildman–Crippen MR) is 184 cm³/mol. The second-order valence-electron chi connectivity index (χ2n) is 14.0. The van der Waals surface area contributed by atoms with Crippen LogP contribution in [0.3, 0.4) is 0 Å². The molecule has 2 heterocycles. The first-order chi connectivity index (χ1) is 22.1. The molecule has 14 atom stereocenters. The Labute approximate surface area is 282 Å². The number of cyclic esters (lactones) is 1. The number of methoxy groups -OCH3 is 1. The summed E-state index contributed by atoms with van der Waals surface area (Å²) in [4.78, 5) is 13.3. The summed E-state index contributed by atoms with van der Waals surface area (Å²) in [5, 5.41) is 55.6. The number of aliphatic hydroxyl groups is 5. The van der Waals surface area contributed by atoms with Crippen LogP contribution in [-0.4, -0.2) is 87.4 Å². The van der Waals surface area contributed by atoms with Crippen LogP contribution in [0.25, 0.3) is 0 Å². The molecule has 0 saturated carbocycles. The van der Waals surface area contributed by atoms with E-state index in [0.717, 1.165) is 5.57 Å². The lowest BCUT2D eigenvalue weighted by molar-refractivity contribution is -0.170. The van der Waals surface area contributed by atoms with E-state index in [1.54, 1.807) is 32.1 Å². The first-order valence-electron chi connectivity index (χ1n) is 17.2. The van der Waals surface area contributed by atoms with Gasteiger partial charge in [0, 0.05) is 43.1 Å². The van der Waals surface area contributed by atoms with Crippen LogP contribution in [0, 0.1) is 35.5 Å². The van der Waals surface area contributed by atoms with Gasteiger partial charge in [0.1, 0.15) is 12.2 Å². The average Bonchev–Trinajstić information content (AvgIpc) is 3.02. The van der Waals surface area contributed by atoms with Gasteiger partial charge in [0.15, 0.2) is 0 Å². The second-order valence-corrected chi connectivity index (χ2v) is 14.0. The lowest BCUT2D eigenvalue weighted by Gasteiger charge is -2.42. The summed E-state index contributed by atoms with van der Waals surface area (Å²) in [5.41, 5.74) is 1.55. The fraction of sp³-hybridized carbons (Fsp3) is 0.711. The quantitative estimate of drug-likeness (QED) is 0.174. The maximum Gasteiger partial charge on any atom is 0.373 e. The molecule has 0 spiro atoms. The van der Waals surface area contributed by atoms with Crippen LogP contribution < -0.4 is 0 Å². The van der Waals surface area contributed by atoms with Crippen molar-refractivity contribution in [3.8, 4) is 0 Å². The number of aliphatic hydroxyl groups excluding tert-OH is 5. The van der Waals surface area contributed by atoms with Gasteiger partial charge in [-0.05, 0) is 45.6 Å². The van der Waals surface area contributed by atoms with Crippen molar-refractivity contribution >= 4 is 5.97 Å². The summed E-state index contributed by atoms with van der Waals surface area (Å²) >= 11 is 0. The molecule has 0 radical (unpaired) electrons. The van der Waals surface area contributed by atoms with Crippen LogP contribution in [0.2, 0.25) is 0 Å². The lowest BCUT2D eigenvalue weighted by Crippen LogP contribution is -2.50. The summed E-state index contributed by atoms with van der Waals surface area (Å²) in [5.74, 6) is -3.63. The molecular weight excluding hydrogens is 600 g/mol. The minimum Gasteiger partial charge on any atom is -0.502 e. The number of ether oxygens (including phenoxy) is 3. The van der Waals surface area contributed by atoms with Gasteiger partial charge in [-0.25, -0.2) is 4.79 Å². The Hall–Kier alpha value is -2.27. The zero-order chi connectivity index (χ0) is 35.6. The molecule has 2 aliphatic heterocycles. The fourth-order valence-corrected chi connectivity index (χ4v) is 7.03. The Bertz CT molecular complexity index is 1140. The number of carbonyl (C=O) groups excluding carboxylic acids is 1. The van der Waals surface area contributed by atoms with Gasteiger partial charge in [-0.3, -0.25) is 0 Å². The Morgan fingerprint density at radius 3 is 2.34 bits per heavy atom. The van der Waals surface area contributed by atoms with E-state index < -0.39 is 66.3 Å². The number of hydrogen-bond acceptors (Lipinski definition) is 9. The van der Waals surface area contributed by atoms with E-state index in [-0.39, 0.29) is 29.8 Å². The fourth-order valence-electron chi connectivity index (χ4n) is 7.03. The molecule has 47 heavy (non-hydrogen) atoms. The molecule has 0 aromatic heterocycles. The van der Waals surface area contributed by atoms with Crippen molar-refractivity contribution < 1.29 is 44.5 Å². The first-order valence-corrected chi connectivity index (χ1v) is 17.2. The van der Waals surface area contributed by atoms with Gasteiger partial charge in [-0.15, -0.1) is 0 Å². The maximum absolute atomic E-state index is 13.3. The van der Waals surface area contributed by atoms with Crippen molar-refractivity contribution in [2.45, 2.75) is 130 Å². The van der Waals surface area contributed by atoms with Crippen molar-refractivity contribution in [3.63, 3.8) is 0 Å². The van der Waals surface area contributed by atoms with E-state index >= 15 is 0 Å². The van der Waals surface area contributed by atoms with E-state index in [2.05, 4.69) is 0 Å². The van der Waals surface area contributed by atoms with Crippen molar-refractivity contribution in [1.29, 1.82) is 0 Å². The average molecular weight is 663 g/mol. The summed E-state index contributed by atoms with van der Waals surface area (Å²) in [7, 11) is 1.49. The Balaban J connectivity index is 2.50. The van der Waals surface area contributed by atoms with Gasteiger partial charge in [-0.2, -0.15) is 0 Å². The van der Waals surface area contributed by atoms with E-state index in [4.69, 9.17) is 14.2 Å². The van der Waals surface area contributed by atoms with Crippen molar-refractivity contribution in [3.05, 3.63) is 59.4 Å². The molecule has 0 bridgehead atoms. The third-order valence-corrected chi connectivity index (χ3v) is 10.2. The third kappa shape index (κ3) is 11.1. The third-order valence-electron chi connectivity index (χ3n) is 10.2. The lowest BCUT2D eigenvalue weighted by atomic mass is 9.79. The molecule has 1 fully saturated rings. The van der Waals surface area contributed by atoms with E-state index in [1.165, 1.54) is 13.2 Å². The van der Waals surface area contributed by atoms with E-state index in [0.29, 0.717) is 24.8 Å². The van der Waals surface area contributed by atoms with Crippen LogP contribution in [0.5, 0.6) is 0 Å². The summed E-state index contributed by atoms with van der Waals surface area (Å²) < 4.78 is 18.0. The molecular formula is C38H62O9. The van der Waals surface area contributed by atoms with Gasteiger partial charge < -0.3 is 39.7 Å². The number of rotatable bonds is 7. The topological polar surface area (TPSA) is 146 Å². The molecule has 1 saturated heterocycles. The minimum absolute atomic E-state index is 0.0932. The van der Waals surface area contributed by atoms with Gasteiger partial charge >= 0.3 is 5.97 Å². The highest BCUT2D eigenvalue weighted by Gasteiger charge is 2.42. The largest absolute Gasteiger partial charge is 0.502 e. The zero-order valence-corrected chi connectivity index (χ0v) is 30.1. The second kappa shape index (κ2) is 19.1. The highest BCUT2D eigenvalue weighted by Crippen LogP contribution is 2.35. The molecule has 2 aliphatic rings. The molecule has 9 heteroatoms. The number of allylic oxidation sites excluding steroid dienone is 6. The van der Waals surface area contributed by atoms with Gasteiger partial charge in [-0.1, -0.05) is 89.1 Å². The van der Waals surface area contributed by atoms with E-state index in [9.17, 15) is 30.3 Å². The van der Waals surface area contributed by atoms with Crippen LogP contribution in [0.4, 0.5) is 0 Å². The Morgan fingerprint density at radius 1 is 1.09 bits per heavy atom. The highest BCUT2D eigenvalue weighted by atomic mass is 16.6. The summed E-state index contributed by atoms with van der Waals surface area (Å²) in [6, 6.07) is 0. The van der Waals surface area contributed by atoms with Gasteiger partial charge in [0.2, 0.25) is 5.76 Å².